The minimum Gasteiger partial charge on any atom is -0.481 e. The van der Waals surface area contributed by atoms with Gasteiger partial charge in [-0.25, -0.2) is 17.1 Å². The summed E-state index contributed by atoms with van der Waals surface area (Å²) in [5.41, 5.74) is 0.525. The molecule has 5 nitrogen and oxygen atoms in total. The van der Waals surface area contributed by atoms with Crippen LogP contribution in [0.3, 0.4) is 0 Å². The topological polar surface area (TPSA) is 74.7 Å². The second kappa shape index (κ2) is 6.53. The number of nitrogens with zero attached hydrogens (tertiary/aromatic N) is 1. The van der Waals surface area contributed by atoms with Gasteiger partial charge in [0, 0.05) is 19.5 Å². The van der Waals surface area contributed by atoms with Crippen molar-refractivity contribution in [1.29, 1.82) is 0 Å². The number of carbonyl (C=O) groups is 1. The fraction of sp³-hybridized carbons (Fsp3) is 0.500. The molecule has 0 aromatic heterocycles. The molecule has 7 heteroatoms. The van der Waals surface area contributed by atoms with E-state index in [4.69, 9.17) is 5.11 Å². The van der Waals surface area contributed by atoms with E-state index in [-0.39, 0.29) is 24.6 Å². The van der Waals surface area contributed by atoms with Crippen LogP contribution in [-0.2, 0) is 20.6 Å². The zero-order chi connectivity index (χ0) is 15.5. The molecule has 0 aliphatic carbocycles. The molecule has 1 fully saturated rings. The Morgan fingerprint density at radius 3 is 2.62 bits per heavy atom. The number of hydrogen-bond donors (Lipinski definition) is 1. The van der Waals surface area contributed by atoms with Gasteiger partial charge in [-0.05, 0) is 36.5 Å². The first kappa shape index (κ1) is 15.9. The molecule has 0 unspecified atom stereocenters. The van der Waals surface area contributed by atoms with E-state index in [9.17, 15) is 17.6 Å². The van der Waals surface area contributed by atoms with E-state index in [0.717, 1.165) is 6.42 Å². The average molecular weight is 315 g/mol. The lowest BCUT2D eigenvalue weighted by Crippen LogP contribution is -2.41. The van der Waals surface area contributed by atoms with Crippen molar-refractivity contribution in [2.75, 3.05) is 13.1 Å². The Morgan fingerprint density at radius 1 is 1.33 bits per heavy atom. The molecule has 1 aliphatic rings. The van der Waals surface area contributed by atoms with Gasteiger partial charge >= 0.3 is 5.97 Å². The molecule has 116 valence electrons. The Morgan fingerprint density at radius 2 is 2.00 bits per heavy atom. The van der Waals surface area contributed by atoms with E-state index in [1.165, 1.54) is 28.6 Å². The summed E-state index contributed by atoms with van der Waals surface area (Å²) >= 11 is 0. The van der Waals surface area contributed by atoms with Gasteiger partial charge in [-0.1, -0.05) is 12.1 Å². The van der Waals surface area contributed by atoms with Crippen LogP contribution in [0.15, 0.2) is 24.3 Å². The second-order valence-electron chi connectivity index (χ2n) is 5.35. The number of sulfonamides is 1. The van der Waals surface area contributed by atoms with Crippen LogP contribution in [0.2, 0.25) is 0 Å². The van der Waals surface area contributed by atoms with Crippen molar-refractivity contribution in [1.82, 2.24) is 4.31 Å². The number of rotatable bonds is 5. The van der Waals surface area contributed by atoms with Crippen molar-refractivity contribution in [2.45, 2.75) is 25.0 Å². The van der Waals surface area contributed by atoms with Crippen LogP contribution >= 0.6 is 0 Å². The molecule has 1 aromatic rings. The van der Waals surface area contributed by atoms with Gasteiger partial charge in [0.05, 0.1) is 5.75 Å². The summed E-state index contributed by atoms with van der Waals surface area (Å²) in [4.78, 5) is 10.7. The molecular formula is C14H18FNO4S. The lowest BCUT2D eigenvalue weighted by atomic mass is 9.96. The molecule has 1 atom stereocenters. The summed E-state index contributed by atoms with van der Waals surface area (Å²) in [6, 6.07) is 5.36. The maximum absolute atomic E-state index is 12.8. The van der Waals surface area contributed by atoms with Crippen LogP contribution in [0.4, 0.5) is 4.39 Å². The number of piperidine rings is 1. The molecule has 0 amide bonds. The second-order valence-corrected chi connectivity index (χ2v) is 7.32. The number of aliphatic carboxylic acids is 1. The Balaban J connectivity index is 2.04. The van der Waals surface area contributed by atoms with Crippen LogP contribution in [0.5, 0.6) is 0 Å². The highest BCUT2D eigenvalue weighted by Crippen LogP contribution is 2.23. The van der Waals surface area contributed by atoms with Crippen LogP contribution < -0.4 is 0 Å². The predicted molar refractivity (Wildman–Crippen MR) is 75.6 cm³/mol. The number of carboxylic acid groups (broad SMARTS) is 1. The predicted octanol–water partition coefficient (Wildman–Crippen LogP) is 1.84. The normalized spacial score (nSPS) is 20.3. The van der Waals surface area contributed by atoms with Gasteiger partial charge in [-0.2, -0.15) is 0 Å². The first-order chi connectivity index (χ1) is 9.87. The van der Waals surface area contributed by atoms with E-state index in [2.05, 4.69) is 0 Å². The number of hydrogen-bond acceptors (Lipinski definition) is 3. The Kier molecular flexibility index (Phi) is 4.95. The fourth-order valence-corrected chi connectivity index (χ4v) is 4.22. The van der Waals surface area contributed by atoms with Gasteiger partial charge < -0.3 is 5.11 Å². The van der Waals surface area contributed by atoms with Gasteiger partial charge in [0.2, 0.25) is 10.0 Å². The number of carboxylic acids is 1. The number of halogens is 1. The third kappa shape index (κ3) is 4.50. The Bertz CT molecular complexity index is 600. The van der Waals surface area contributed by atoms with E-state index in [0.29, 0.717) is 18.5 Å². The van der Waals surface area contributed by atoms with Crippen LogP contribution in [0, 0.1) is 11.7 Å². The van der Waals surface area contributed by atoms with Crippen molar-refractivity contribution in [2.24, 2.45) is 5.92 Å². The monoisotopic (exact) mass is 315 g/mol. The third-order valence-corrected chi connectivity index (χ3v) is 5.42. The van der Waals surface area contributed by atoms with Crippen LogP contribution in [0.1, 0.15) is 24.8 Å². The molecule has 1 heterocycles. The van der Waals surface area contributed by atoms with E-state index < -0.39 is 21.8 Å². The van der Waals surface area contributed by atoms with E-state index in [1.807, 2.05) is 0 Å². The van der Waals surface area contributed by atoms with Crippen molar-refractivity contribution < 1.29 is 22.7 Å². The highest BCUT2D eigenvalue weighted by atomic mass is 32.2. The van der Waals surface area contributed by atoms with Gasteiger partial charge in [0.1, 0.15) is 5.82 Å². The van der Waals surface area contributed by atoms with Crippen LogP contribution in [-0.4, -0.2) is 36.9 Å². The maximum Gasteiger partial charge on any atom is 0.303 e. The summed E-state index contributed by atoms with van der Waals surface area (Å²) in [5, 5.41) is 8.81. The van der Waals surface area contributed by atoms with Gasteiger partial charge in [-0.3, -0.25) is 4.79 Å². The molecular weight excluding hydrogens is 297 g/mol. The molecule has 1 aromatic carbocycles. The smallest absolute Gasteiger partial charge is 0.303 e. The highest BCUT2D eigenvalue weighted by Gasteiger charge is 2.29. The van der Waals surface area contributed by atoms with Crippen molar-refractivity contribution in [3.8, 4) is 0 Å². The standard InChI is InChI=1S/C14H18FNO4S/c15-13-5-3-11(4-6-13)10-21(19,20)16-7-1-2-12(9-16)8-14(17)18/h3-6,12H,1-2,7-10H2,(H,17,18)/t12-/m1/s1. The van der Waals surface area contributed by atoms with Crippen molar-refractivity contribution >= 4 is 16.0 Å². The lowest BCUT2D eigenvalue weighted by molar-refractivity contribution is -0.138. The van der Waals surface area contributed by atoms with Gasteiger partial charge in [0.25, 0.3) is 0 Å². The minimum absolute atomic E-state index is 0.0113. The summed E-state index contributed by atoms with van der Waals surface area (Å²) in [6.07, 6.45) is 1.39. The van der Waals surface area contributed by atoms with E-state index in [1.54, 1.807) is 0 Å². The first-order valence-electron chi connectivity index (χ1n) is 6.81. The molecule has 0 saturated carbocycles. The summed E-state index contributed by atoms with van der Waals surface area (Å²) < 4.78 is 38.9. The Labute approximate surface area is 123 Å². The van der Waals surface area contributed by atoms with Crippen molar-refractivity contribution in [3.05, 3.63) is 35.6 Å². The lowest BCUT2D eigenvalue weighted by Gasteiger charge is -2.31. The average Bonchev–Trinajstić information content (AvgIpc) is 2.41. The molecule has 2 rings (SSSR count). The first-order valence-corrected chi connectivity index (χ1v) is 8.42. The highest BCUT2D eigenvalue weighted by molar-refractivity contribution is 7.88. The maximum atomic E-state index is 12.8. The van der Waals surface area contributed by atoms with E-state index >= 15 is 0 Å². The zero-order valence-electron chi connectivity index (χ0n) is 11.5. The molecule has 0 spiro atoms. The van der Waals surface area contributed by atoms with Crippen LogP contribution in [0.25, 0.3) is 0 Å². The Hall–Kier alpha value is -1.47. The quantitative estimate of drug-likeness (QED) is 0.899. The summed E-state index contributed by atoms with van der Waals surface area (Å²) in [6.45, 7) is 0.662. The SMILES string of the molecule is O=C(O)C[C@H]1CCCN(S(=O)(=O)Cc2ccc(F)cc2)C1. The minimum atomic E-state index is -3.50. The molecule has 1 N–H and O–H groups in total. The molecule has 1 aliphatic heterocycles. The largest absolute Gasteiger partial charge is 0.481 e. The molecule has 1 saturated heterocycles. The molecule has 21 heavy (non-hydrogen) atoms. The summed E-state index contributed by atoms with van der Waals surface area (Å²) in [5.74, 6) is -1.64. The third-order valence-electron chi connectivity index (χ3n) is 3.60. The number of benzene rings is 1. The zero-order valence-corrected chi connectivity index (χ0v) is 12.4. The summed E-state index contributed by atoms with van der Waals surface area (Å²) in [7, 11) is -3.50. The van der Waals surface area contributed by atoms with Crippen molar-refractivity contribution in [3.63, 3.8) is 0 Å². The molecule has 0 bridgehead atoms. The van der Waals surface area contributed by atoms with Gasteiger partial charge in [-0.15, -0.1) is 0 Å². The molecule has 0 radical (unpaired) electrons. The van der Waals surface area contributed by atoms with Gasteiger partial charge in [0.15, 0.2) is 0 Å². The fourth-order valence-electron chi connectivity index (χ4n) is 2.58.